The number of nitrogens with one attached hydrogen (secondary N) is 2. The Morgan fingerprint density at radius 1 is 0.909 bits per heavy atom. The summed E-state index contributed by atoms with van der Waals surface area (Å²) in [5.41, 5.74) is 9.23. The highest BCUT2D eigenvalue weighted by Gasteiger charge is 2.42. The summed E-state index contributed by atoms with van der Waals surface area (Å²) < 4.78 is 0. The number of anilines is 2. The number of Topliss-reactive ketones (excluding diaryl/α,β-unsaturated/α-hetero) is 1. The van der Waals surface area contributed by atoms with E-state index in [-0.39, 0.29) is 30.1 Å². The van der Waals surface area contributed by atoms with Gasteiger partial charge in [0.05, 0.1) is 6.42 Å². The molecule has 2 aromatic rings. The lowest BCUT2D eigenvalue weighted by atomic mass is 9.63. The Labute approximate surface area is 193 Å². The zero-order valence-corrected chi connectivity index (χ0v) is 18.6. The fourth-order valence-electron chi connectivity index (χ4n) is 5.39. The van der Waals surface area contributed by atoms with Crippen molar-refractivity contribution >= 4 is 29.2 Å². The van der Waals surface area contributed by atoms with Crippen molar-refractivity contribution in [3.63, 3.8) is 0 Å². The van der Waals surface area contributed by atoms with E-state index in [0.717, 1.165) is 31.2 Å². The SMILES string of the molecule is NCc1ccc(NC(=O)Nc2ccc(C3CCC4C(=O)C(CC(=O)O)CCC4C3)cc2)cc1. The van der Waals surface area contributed by atoms with Crippen LogP contribution in [0, 0.1) is 17.8 Å². The molecule has 4 unspecified atom stereocenters. The molecule has 2 aliphatic rings. The molecule has 4 atom stereocenters. The summed E-state index contributed by atoms with van der Waals surface area (Å²) in [4.78, 5) is 36.1. The largest absolute Gasteiger partial charge is 0.481 e. The maximum Gasteiger partial charge on any atom is 0.323 e. The smallest absolute Gasteiger partial charge is 0.323 e. The van der Waals surface area contributed by atoms with E-state index in [4.69, 9.17) is 10.8 Å². The molecule has 0 bridgehead atoms. The minimum Gasteiger partial charge on any atom is -0.481 e. The van der Waals surface area contributed by atoms with Crippen molar-refractivity contribution in [3.05, 3.63) is 59.7 Å². The number of fused-ring (bicyclic) bond motifs is 1. The molecule has 174 valence electrons. The average Bonchev–Trinajstić information content (AvgIpc) is 2.81. The number of rotatable bonds is 6. The lowest BCUT2D eigenvalue weighted by Gasteiger charge is -2.41. The van der Waals surface area contributed by atoms with Crippen LogP contribution in [0.25, 0.3) is 0 Å². The van der Waals surface area contributed by atoms with Gasteiger partial charge in [-0.1, -0.05) is 24.3 Å². The second-order valence-corrected chi connectivity index (χ2v) is 9.25. The summed E-state index contributed by atoms with van der Waals surface area (Å²) in [6.07, 6.45) is 4.30. The molecule has 0 aromatic heterocycles. The Morgan fingerprint density at radius 3 is 2.15 bits per heavy atom. The maximum atomic E-state index is 12.7. The van der Waals surface area contributed by atoms with Gasteiger partial charge >= 0.3 is 12.0 Å². The summed E-state index contributed by atoms with van der Waals surface area (Å²) in [7, 11) is 0. The first-order valence-electron chi connectivity index (χ1n) is 11.7. The number of hydrogen-bond donors (Lipinski definition) is 4. The van der Waals surface area contributed by atoms with Gasteiger partial charge in [-0.3, -0.25) is 9.59 Å². The number of urea groups is 1. The summed E-state index contributed by atoms with van der Waals surface area (Å²) in [5, 5.41) is 14.7. The number of aliphatic carboxylic acids is 1. The van der Waals surface area contributed by atoms with E-state index in [0.29, 0.717) is 36.2 Å². The highest BCUT2D eigenvalue weighted by atomic mass is 16.4. The molecule has 7 heteroatoms. The zero-order chi connectivity index (χ0) is 23.4. The van der Waals surface area contributed by atoms with E-state index < -0.39 is 5.97 Å². The van der Waals surface area contributed by atoms with Gasteiger partial charge in [0.2, 0.25) is 0 Å². The maximum absolute atomic E-state index is 12.7. The first-order chi connectivity index (χ1) is 15.9. The van der Waals surface area contributed by atoms with Crippen LogP contribution < -0.4 is 16.4 Å². The van der Waals surface area contributed by atoms with Crippen molar-refractivity contribution in [1.29, 1.82) is 0 Å². The Bertz CT molecular complexity index is 1000. The first kappa shape index (κ1) is 23.0. The van der Waals surface area contributed by atoms with E-state index in [1.807, 2.05) is 36.4 Å². The van der Waals surface area contributed by atoms with Gasteiger partial charge in [-0.15, -0.1) is 0 Å². The molecule has 2 fully saturated rings. The Balaban J connectivity index is 1.31. The second kappa shape index (κ2) is 10.2. The van der Waals surface area contributed by atoms with Crippen LogP contribution in [-0.4, -0.2) is 22.9 Å². The molecule has 0 aliphatic heterocycles. The third-order valence-corrected chi connectivity index (χ3v) is 7.14. The summed E-state index contributed by atoms with van der Waals surface area (Å²) in [6, 6.07) is 15.0. The third kappa shape index (κ3) is 5.60. The Kier molecular flexibility index (Phi) is 7.08. The number of hydrogen-bond acceptors (Lipinski definition) is 4. The number of carbonyl (C=O) groups is 3. The van der Waals surface area contributed by atoms with Crippen LogP contribution in [0.2, 0.25) is 0 Å². The lowest BCUT2D eigenvalue weighted by molar-refractivity contribution is -0.144. The van der Waals surface area contributed by atoms with Crippen LogP contribution >= 0.6 is 0 Å². The van der Waals surface area contributed by atoms with Crippen LogP contribution in [0.5, 0.6) is 0 Å². The van der Waals surface area contributed by atoms with Crippen LogP contribution in [-0.2, 0) is 16.1 Å². The van der Waals surface area contributed by atoms with Gasteiger partial charge in [0.1, 0.15) is 5.78 Å². The molecule has 0 heterocycles. The molecule has 5 N–H and O–H groups in total. The van der Waals surface area contributed by atoms with Crippen LogP contribution in [0.1, 0.15) is 55.6 Å². The lowest BCUT2D eigenvalue weighted by Crippen LogP contribution is -2.39. The predicted octanol–water partition coefficient (Wildman–Crippen LogP) is 4.74. The predicted molar refractivity (Wildman–Crippen MR) is 127 cm³/mol. The summed E-state index contributed by atoms with van der Waals surface area (Å²) in [5.74, 6) is -0.282. The third-order valence-electron chi connectivity index (χ3n) is 7.14. The van der Waals surface area contributed by atoms with Crippen molar-refractivity contribution < 1.29 is 19.5 Å². The van der Waals surface area contributed by atoms with E-state index in [2.05, 4.69) is 22.8 Å². The molecular weight excluding hydrogens is 418 g/mol. The zero-order valence-electron chi connectivity index (χ0n) is 18.6. The molecule has 33 heavy (non-hydrogen) atoms. The van der Waals surface area contributed by atoms with Gasteiger partial charge in [-0.2, -0.15) is 0 Å². The number of carboxylic acid groups (broad SMARTS) is 1. The van der Waals surface area contributed by atoms with E-state index >= 15 is 0 Å². The number of ketones is 1. The Hall–Kier alpha value is -3.19. The molecule has 2 aliphatic carbocycles. The minimum atomic E-state index is -0.882. The van der Waals surface area contributed by atoms with Crippen molar-refractivity contribution in [2.75, 3.05) is 10.6 Å². The molecule has 0 saturated heterocycles. The number of carbonyl (C=O) groups excluding carboxylic acids is 2. The van der Waals surface area contributed by atoms with Crippen LogP contribution in [0.3, 0.4) is 0 Å². The van der Waals surface area contributed by atoms with Crippen LogP contribution in [0.15, 0.2) is 48.5 Å². The number of benzene rings is 2. The number of nitrogens with two attached hydrogens (primary N) is 1. The fraction of sp³-hybridized carbons (Fsp3) is 0.423. The normalized spacial score (nSPS) is 24.6. The first-order valence-corrected chi connectivity index (χ1v) is 11.7. The molecular formula is C26H31N3O4. The number of carboxylic acids is 1. The quantitative estimate of drug-likeness (QED) is 0.507. The van der Waals surface area contributed by atoms with Gasteiger partial charge < -0.3 is 21.5 Å². The monoisotopic (exact) mass is 449 g/mol. The van der Waals surface area contributed by atoms with E-state index in [9.17, 15) is 14.4 Å². The highest BCUT2D eigenvalue weighted by Crippen LogP contribution is 2.46. The molecule has 0 spiro atoms. The molecule has 7 nitrogen and oxygen atoms in total. The molecule has 2 saturated carbocycles. The number of amides is 2. The van der Waals surface area contributed by atoms with Crippen molar-refractivity contribution in [3.8, 4) is 0 Å². The molecule has 2 amide bonds. The molecule has 2 aromatic carbocycles. The topological polar surface area (TPSA) is 122 Å². The standard InChI is InChI=1S/C26H31N3O4/c27-15-16-1-8-21(9-2-16)28-26(33)29-22-10-5-17(6-11-22)18-7-12-23-19(13-18)3-4-20(25(23)32)14-24(30)31/h1-2,5-6,8-11,18-20,23H,3-4,7,12-15,27H2,(H,30,31)(H2,28,29,33). The average molecular weight is 450 g/mol. The fourth-order valence-corrected chi connectivity index (χ4v) is 5.39. The van der Waals surface area contributed by atoms with Crippen molar-refractivity contribution in [1.82, 2.24) is 0 Å². The van der Waals surface area contributed by atoms with Gasteiger partial charge in [0.25, 0.3) is 0 Å². The van der Waals surface area contributed by atoms with Gasteiger partial charge in [-0.05, 0) is 79.3 Å². The van der Waals surface area contributed by atoms with E-state index in [1.54, 1.807) is 0 Å². The highest BCUT2D eigenvalue weighted by molar-refractivity contribution is 5.99. The van der Waals surface area contributed by atoms with E-state index in [1.165, 1.54) is 5.56 Å². The second-order valence-electron chi connectivity index (χ2n) is 9.25. The van der Waals surface area contributed by atoms with Gasteiger partial charge in [-0.25, -0.2) is 4.79 Å². The van der Waals surface area contributed by atoms with Crippen molar-refractivity contribution in [2.24, 2.45) is 23.5 Å². The summed E-state index contributed by atoms with van der Waals surface area (Å²) in [6.45, 7) is 0.461. The molecule has 4 rings (SSSR count). The summed E-state index contributed by atoms with van der Waals surface area (Å²) >= 11 is 0. The van der Waals surface area contributed by atoms with Gasteiger partial charge in [0.15, 0.2) is 0 Å². The molecule has 0 radical (unpaired) electrons. The van der Waals surface area contributed by atoms with Gasteiger partial charge in [0, 0.05) is 29.8 Å². The Morgan fingerprint density at radius 2 is 1.55 bits per heavy atom. The minimum absolute atomic E-state index is 0.0166. The van der Waals surface area contributed by atoms with Crippen LogP contribution in [0.4, 0.5) is 16.2 Å². The van der Waals surface area contributed by atoms with Crippen molar-refractivity contribution in [2.45, 2.75) is 51.0 Å².